The first kappa shape index (κ1) is 16.8. The maximum absolute atomic E-state index is 12.5. The highest BCUT2D eigenvalue weighted by molar-refractivity contribution is 6.02. The van der Waals surface area contributed by atoms with Gasteiger partial charge in [0.05, 0.1) is 18.9 Å². The Morgan fingerprint density at radius 3 is 3.04 bits per heavy atom. The standard InChI is InChI=1S/C18H26N4O2/c1-18(2)7-5-9-21(13-18)11-8-19-17(23)14-12-20-22-10-4-6-15(24-3)16(14)22/h4,6,10,12H,5,7-9,11,13H2,1-3H3,(H,19,23). The zero-order chi connectivity index (χ0) is 17.2. The van der Waals surface area contributed by atoms with Gasteiger partial charge in [-0.15, -0.1) is 0 Å². The Hall–Kier alpha value is -2.08. The SMILES string of the molecule is COc1cccn2ncc(C(=O)NCCN3CCCC(C)(C)C3)c12. The van der Waals surface area contributed by atoms with Gasteiger partial charge in [0.1, 0.15) is 11.3 Å². The average Bonchev–Trinajstić information content (AvgIpc) is 2.98. The number of pyridine rings is 1. The molecule has 1 amide bonds. The van der Waals surface area contributed by atoms with E-state index in [1.807, 2.05) is 18.3 Å². The number of aromatic nitrogens is 2. The molecule has 0 unspecified atom stereocenters. The van der Waals surface area contributed by atoms with Crippen molar-refractivity contribution >= 4 is 11.4 Å². The summed E-state index contributed by atoms with van der Waals surface area (Å²) >= 11 is 0. The van der Waals surface area contributed by atoms with Crippen molar-refractivity contribution in [3.05, 3.63) is 30.1 Å². The summed E-state index contributed by atoms with van der Waals surface area (Å²) in [5, 5.41) is 7.24. The fourth-order valence-electron chi connectivity index (χ4n) is 3.50. The first-order valence-electron chi connectivity index (χ1n) is 8.51. The van der Waals surface area contributed by atoms with E-state index >= 15 is 0 Å². The van der Waals surface area contributed by atoms with Gasteiger partial charge in [0.25, 0.3) is 5.91 Å². The van der Waals surface area contributed by atoms with Crippen molar-refractivity contribution in [1.82, 2.24) is 19.8 Å². The third kappa shape index (κ3) is 3.53. The summed E-state index contributed by atoms with van der Waals surface area (Å²) in [6.07, 6.45) is 5.91. The summed E-state index contributed by atoms with van der Waals surface area (Å²) < 4.78 is 7.02. The highest BCUT2D eigenvalue weighted by Crippen LogP contribution is 2.28. The van der Waals surface area contributed by atoms with Crippen molar-refractivity contribution in [3.8, 4) is 5.75 Å². The maximum atomic E-state index is 12.5. The molecule has 0 aromatic carbocycles. The van der Waals surface area contributed by atoms with Crippen LogP contribution in [0.2, 0.25) is 0 Å². The zero-order valence-corrected chi connectivity index (χ0v) is 14.7. The van der Waals surface area contributed by atoms with Crippen molar-refractivity contribution in [2.45, 2.75) is 26.7 Å². The van der Waals surface area contributed by atoms with Gasteiger partial charge in [-0.2, -0.15) is 5.10 Å². The number of fused-ring (bicyclic) bond motifs is 1. The first-order chi connectivity index (χ1) is 11.5. The van der Waals surface area contributed by atoms with Crippen molar-refractivity contribution in [1.29, 1.82) is 0 Å². The number of hydrogen-bond acceptors (Lipinski definition) is 4. The van der Waals surface area contributed by atoms with Crippen LogP contribution in [0.1, 0.15) is 37.0 Å². The van der Waals surface area contributed by atoms with E-state index in [9.17, 15) is 4.79 Å². The van der Waals surface area contributed by atoms with Gasteiger partial charge in [0, 0.05) is 25.8 Å². The number of rotatable bonds is 5. The lowest BCUT2D eigenvalue weighted by Gasteiger charge is -2.38. The Morgan fingerprint density at radius 1 is 1.46 bits per heavy atom. The fourth-order valence-corrected chi connectivity index (χ4v) is 3.50. The topological polar surface area (TPSA) is 58.9 Å². The van der Waals surface area contributed by atoms with E-state index in [0.29, 0.717) is 28.8 Å². The van der Waals surface area contributed by atoms with E-state index in [-0.39, 0.29) is 5.91 Å². The number of methoxy groups -OCH3 is 1. The van der Waals surface area contributed by atoms with Crippen LogP contribution in [0.3, 0.4) is 0 Å². The summed E-state index contributed by atoms with van der Waals surface area (Å²) in [7, 11) is 1.60. The summed E-state index contributed by atoms with van der Waals surface area (Å²) in [6.45, 7) is 8.34. The van der Waals surface area contributed by atoms with Gasteiger partial charge in [-0.3, -0.25) is 4.79 Å². The molecule has 1 saturated heterocycles. The predicted molar refractivity (Wildman–Crippen MR) is 93.5 cm³/mol. The first-order valence-corrected chi connectivity index (χ1v) is 8.51. The molecule has 0 atom stereocenters. The molecule has 1 fully saturated rings. The van der Waals surface area contributed by atoms with E-state index in [1.54, 1.807) is 17.8 Å². The van der Waals surface area contributed by atoms with Gasteiger partial charge in [0.2, 0.25) is 0 Å². The van der Waals surface area contributed by atoms with Crippen LogP contribution in [-0.2, 0) is 0 Å². The Kier molecular flexibility index (Phi) is 4.76. The van der Waals surface area contributed by atoms with Gasteiger partial charge in [0.15, 0.2) is 0 Å². The summed E-state index contributed by atoms with van der Waals surface area (Å²) in [6, 6.07) is 3.68. The molecule has 3 heterocycles. The lowest BCUT2D eigenvalue weighted by atomic mass is 9.84. The summed E-state index contributed by atoms with van der Waals surface area (Å²) in [4.78, 5) is 14.9. The molecule has 130 valence electrons. The minimum Gasteiger partial charge on any atom is -0.494 e. The number of nitrogens with zero attached hydrogens (tertiary/aromatic N) is 3. The molecular weight excluding hydrogens is 304 g/mol. The summed E-state index contributed by atoms with van der Waals surface area (Å²) in [5.74, 6) is 0.545. The monoisotopic (exact) mass is 330 g/mol. The lowest BCUT2D eigenvalue weighted by Crippen LogP contribution is -2.43. The predicted octanol–water partition coefficient (Wildman–Crippen LogP) is 2.19. The van der Waals surface area contributed by atoms with Crippen LogP contribution in [0.5, 0.6) is 5.75 Å². The normalized spacial score (nSPS) is 17.8. The lowest BCUT2D eigenvalue weighted by molar-refractivity contribution is 0.0927. The van der Waals surface area contributed by atoms with Gasteiger partial charge in [-0.1, -0.05) is 13.8 Å². The van der Waals surface area contributed by atoms with Crippen LogP contribution in [0.4, 0.5) is 0 Å². The molecule has 2 aromatic rings. The molecule has 0 radical (unpaired) electrons. The average molecular weight is 330 g/mol. The fraction of sp³-hybridized carbons (Fsp3) is 0.556. The number of carbonyl (C=O) groups excluding carboxylic acids is 1. The third-order valence-electron chi connectivity index (χ3n) is 4.66. The molecule has 3 rings (SSSR count). The molecule has 6 nitrogen and oxygen atoms in total. The van der Waals surface area contributed by atoms with Crippen LogP contribution in [0.15, 0.2) is 24.5 Å². The van der Waals surface area contributed by atoms with E-state index in [0.717, 1.165) is 19.6 Å². The molecule has 0 spiro atoms. The second kappa shape index (κ2) is 6.81. The van der Waals surface area contributed by atoms with Crippen LogP contribution < -0.4 is 10.1 Å². The number of carbonyl (C=O) groups is 1. The molecule has 1 aliphatic heterocycles. The highest BCUT2D eigenvalue weighted by Gasteiger charge is 2.26. The van der Waals surface area contributed by atoms with E-state index < -0.39 is 0 Å². The molecule has 0 saturated carbocycles. The van der Waals surface area contributed by atoms with Crippen molar-refractivity contribution in [2.75, 3.05) is 33.3 Å². The molecule has 24 heavy (non-hydrogen) atoms. The van der Waals surface area contributed by atoms with Gasteiger partial charge >= 0.3 is 0 Å². The van der Waals surface area contributed by atoms with Crippen LogP contribution in [0.25, 0.3) is 5.52 Å². The molecule has 2 aromatic heterocycles. The molecule has 1 aliphatic rings. The van der Waals surface area contributed by atoms with Crippen molar-refractivity contribution in [3.63, 3.8) is 0 Å². The van der Waals surface area contributed by atoms with Crippen LogP contribution in [-0.4, -0.2) is 53.7 Å². The van der Waals surface area contributed by atoms with Gasteiger partial charge < -0.3 is 15.0 Å². The number of hydrogen-bond donors (Lipinski definition) is 1. The zero-order valence-electron chi connectivity index (χ0n) is 14.7. The van der Waals surface area contributed by atoms with Crippen molar-refractivity contribution in [2.24, 2.45) is 5.41 Å². The molecule has 0 bridgehead atoms. The van der Waals surface area contributed by atoms with Gasteiger partial charge in [-0.05, 0) is 36.9 Å². The van der Waals surface area contributed by atoms with Crippen LogP contribution >= 0.6 is 0 Å². The highest BCUT2D eigenvalue weighted by atomic mass is 16.5. The third-order valence-corrected chi connectivity index (χ3v) is 4.66. The minimum absolute atomic E-state index is 0.106. The summed E-state index contributed by atoms with van der Waals surface area (Å²) in [5.41, 5.74) is 1.63. The Labute approximate surface area is 142 Å². The van der Waals surface area contributed by atoms with E-state index in [1.165, 1.54) is 12.8 Å². The Balaban J connectivity index is 1.62. The molecule has 1 N–H and O–H groups in total. The number of piperidine rings is 1. The number of ether oxygens (including phenoxy) is 1. The number of nitrogens with one attached hydrogen (secondary N) is 1. The largest absolute Gasteiger partial charge is 0.494 e. The quantitative estimate of drug-likeness (QED) is 0.913. The Bertz CT molecular complexity index is 723. The van der Waals surface area contributed by atoms with E-state index in [2.05, 4.69) is 29.2 Å². The number of amides is 1. The Morgan fingerprint density at radius 2 is 2.29 bits per heavy atom. The maximum Gasteiger partial charge on any atom is 0.255 e. The molecule has 6 heteroatoms. The number of likely N-dealkylation sites (tertiary alicyclic amines) is 1. The van der Waals surface area contributed by atoms with Crippen molar-refractivity contribution < 1.29 is 9.53 Å². The van der Waals surface area contributed by atoms with Gasteiger partial charge in [-0.25, -0.2) is 4.52 Å². The van der Waals surface area contributed by atoms with E-state index in [4.69, 9.17) is 4.74 Å². The van der Waals surface area contributed by atoms with Crippen LogP contribution in [0, 0.1) is 5.41 Å². The second-order valence-electron chi connectivity index (χ2n) is 7.23. The molecular formula is C18H26N4O2. The second-order valence-corrected chi connectivity index (χ2v) is 7.23. The molecule has 0 aliphatic carbocycles. The minimum atomic E-state index is -0.106. The smallest absolute Gasteiger partial charge is 0.255 e.